The van der Waals surface area contributed by atoms with Crippen LogP contribution >= 0.6 is 0 Å². The van der Waals surface area contributed by atoms with Crippen molar-refractivity contribution in [1.29, 1.82) is 0 Å². The van der Waals surface area contributed by atoms with Gasteiger partial charge in [-0.1, -0.05) is 19.3 Å². The molecule has 1 fully saturated rings. The van der Waals surface area contributed by atoms with Gasteiger partial charge in [-0.2, -0.15) is 0 Å². The Morgan fingerprint density at radius 3 is 2.48 bits per heavy atom. The zero-order chi connectivity index (χ0) is 15.1. The van der Waals surface area contributed by atoms with Crippen molar-refractivity contribution in [2.75, 3.05) is 18.5 Å². The highest BCUT2D eigenvalue weighted by molar-refractivity contribution is 5.94. The Morgan fingerprint density at radius 2 is 1.86 bits per heavy atom. The molecule has 0 spiro atoms. The fourth-order valence-corrected chi connectivity index (χ4v) is 2.56. The van der Waals surface area contributed by atoms with Gasteiger partial charge in [0.2, 0.25) is 0 Å². The Morgan fingerprint density at radius 1 is 1.19 bits per heavy atom. The highest BCUT2D eigenvalue weighted by atomic mass is 16.3. The minimum atomic E-state index is -0.778. The number of hydrogen-bond donors (Lipinski definition) is 4. The zero-order valence-electron chi connectivity index (χ0n) is 12.2. The monoisotopic (exact) mass is 292 g/mol. The van der Waals surface area contributed by atoms with Gasteiger partial charge in [-0.15, -0.1) is 0 Å². The topological polar surface area (TPSA) is 81.6 Å². The van der Waals surface area contributed by atoms with Gasteiger partial charge in [-0.3, -0.25) is 4.79 Å². The average molecular weight is 292 g/mol. The van der Waals surface area contributed by atoms with Crippen LogP contribution in [-0.2, 0) is 0 Å². The van der Waals surface area contributed by atoms with E-state index in [9.17, 15) is 9.90 Å². The van der Waals surface area contributed by atoms with Gasteiger partial charge in [-0.25, -0.2) is 0 Å². The summed E-state index contributed by atoms with van der Waals surface area (Å²) in [4.78, 5) is 12.1. The van der Waals surface area contributed by atoms with Crippen molar-refractivity contribution in [3.63, 3.8) is 0 Å². The second-order valence-corrected chi connectivity index (χ2v) is 5.60. The van der Waals surface area contributed by atoms with Crippen LogP contribution in [0.4, 0.5) is 5.69 Å². The van der Waals surface area contributed by atoms with Crippen molar-refractivity contribution in [2.45, 2.75) is 44.2 Å². The Hall–Kier alpha value is -1.59. The van der Waals surface area contributed by atoms with Crippen LogP contribution in [0.3, 0.4) is 0 Å². The maximum absolute atomic E-state index is 12.1. The van der Waals surface area contributed by atoms with Crippen LogP contribution in [0, 0.1) is 0 Å². The van der Waals surface area contributed by atoms with E-state index in [1.807, 2.05) is 0 Å². The quantitative estimate of drug-likeness (QED) is 0.641. The average Bonchev–Trinajstić information content (AvgIpc) is 2.54. The van der Waals surface area contributed by atoms with E-state index in [0.29, 0.717) is 11.6 Å². The number of benzene rings is 1. The Labute approximate surface area is 125 Å². The molecule has 1 unspecified atom stereocenters. The molecule has 4 N–H and O–H groups in total. The summed E-state index contributed by atoms with van der Waals surface area (Å²) in [5.41, 5.74) is 1.46. The van der Waals surface area contributed by atoms with Crippen LogP contribution in [0.15, 0.2) is 24.3 Å². The van der Waals surface area contributed by atoms with Gasteiger partial charge in [0.05, 0.1) is 12.7 Å². The highest BCUT2D eigenvalue weighted by Gasteiger charge is 2.16. The van der Waals surface area contributed by atoms with E-state index in [2.05, 4.69) is 10.6 Å². The number of anilines is 1. The third-order valence-electron chi connectivity index (χ3n) is 3.84. The maximum Gasteiger partial charge on any atom is 0.251 e. The standard InChI is InChI=1S/C16H24N2O3/c19-11-15(20)10-17-13-8-6-12(7-9-13)16(21)18-14-4-2-1-3-5-14/h6-9,14-15,17,19-20H,1-5,10-11H2,(H,18,21). The fraction of sp³-hybridized carbons (Fsp3) is 0.562. The van der Waals surface area contributed by atoms with E-state index in [1.165, 1.54) is 19.3 Å². The van der Waals surface area contributed by atoms with E-state index in [1.54, 1.807) is 24.3 Å². The lowest BCUT2D eigenvalue weighted by Crippen LogP contribution is -2.36. The molecule has 5 nitrogen and oxygen atoms in total. The molecule has 1 saturated carbocycles. The smallest absolute Gasteiger partial charge is 0.251 e. The van der Waals surface area contributed by atoms with E-state index < -0.39 is 6.10 Å². The van der Waals surface area contributed by atoms with Gasteiger partial charge in [0.1, 0.15) is 0 Å². The summed E-state index contributed by atoms with van der Waals surface area (Å²) in [6.45, 7) is 0.0129. The van der Waals surface area contributed by atoms with Crippen LogP contribution in [0.25, 0.3) is 0 Å². The maximum atomic E-state index is 12.1. The van der Waals surface area contributed by atoms with Gasteiger partial charge in [0.15, 0.2) is 0 Å². The molecular weight excluding hydrogens is 268 g/mol. The Balaban J connectivity index is 1.84. The predicted molar refractivity (Wildman–Crippen MR) is 82.4 cm³/mol. The highest BCUT2D eigenvalue weighted by Crippen LogP contribution is 2.18. The van der Waals surface area contributed by atoms with Crippen molar-refractivity contribution in [1.82, 2.24) is 5.32 Å². The molecule has 1 aliphatic rings. The normalized spacial score (nSPS) is 17.2. The van der Waals surface area contributed by atoms with E-state index >= 15 is 0 Å². The van der Waals surface area contributed by atoms with Gasteiger partial charge in [0, 0.05) is 23.8 Å². The van der Waals surface area contributed by atoms with Gasteiger partial charge >= 0.3 is 0 Å². The molecule has 1 aromatic carbocycles. The minimum Gasteiger partial charge on any atom is -0.394 e. The summed E-state index contributed by atoms with van der Waals surface area (Å²) >= 11 is 0. The summed E-state index contributed by atoms with van der Waals surface area (Å²) in [6.07, 6.45) is 5.03. The molecule has 0 radical (unpaired) electrons. The van der Waals surface area contributed by atoms with E-state index in [-0.39, 0.29) is 19.1 Å². The molecule has 116 valence electrons. The number of aliphatic hydroxyl groups is 2. The molecule has 1 aliphatic carbocycles. The number of rotatable bonds is 6. The Bertz CT molecular complexity index is 441. The molecule has 21 heavy (non-hydrogen) atoms. The van der Waals surface area contributed by atoms with Gasteiger partial charge < -0.3 is 20.8 Å². The lowest BCUT2D eigenvalue weighted by atomic mass is 9.95. The van der Waals surface area contributed by atoms with Gasteiger partial charge in [-0.05, 0) is 37.1 Å². The molecule has 1 aromatic rings. The van der Waals surface area contributed by atoms with Crippen molar-refractivity contribution in [3.05, 3.63) is 29.8 Å². The van der Waals surface area contributed by atoms with Crippen LogP contribution < -0.4 is 10.6 Å². The van der Waals surface area contributed by atoms with Crippen molar-refractivity contribution in [3.8, 4) is 0 Å². The molecule has 0 bridgehead atoms. The molecule has 1 atom stereocenters. The van der Waals surface area contributed by atoms with Crippen molar-refractivity contribution in [2.24, 2.45) is 0 Å². The molecule has 0 saturated heterocycles. The second-order valence-electron chi connectivity index (χ2n) is 5.60. The number of carbonyl (C=O) groups is 1. The molecular formula is C16H24N2O3. The zero-order valence-corrected chi connectivity index (χ0v) is 12.2. The molecule has 1 amide bonds. The first-order valence-corrected chi connectivity index (χ1v) is 7.63. The van der Waals surface area contributed by atoms with Crippen molar-refractivity contribution >= 4 is 11.6 Å². The molecule has 0 aliphatic heterocycles. The molecule has 2 rings (SSSR count). The first-order valence-electron chi connectivity index (χ1n) is 7.63. The fourth-order valence-electron chi connectivity index (χ4n) is 2.56. The summed E-state index contributed by atoms with van der Waals surface area (Å²) in [5, 5.41) is 24.1. The lowest BCUT2D eigenvalue weighted by Gasteiger charge is -2.22. The summed E-state index contributed by atoms with van der Waals surface area (Å²) in [7, 11) is 0. The number of hydrogen-bond acceptors (Lipinski definition) is 4. The lowest BCUT2D eigenvalue weighted by molar-refractivity contribution is 0.0927. The third-order valence-corrected chi connectivity index (χ3v) is 3.84. The number of nitrogens with one attached hydrogen (secondary N) is 2. The summed E-state index contributed by atoms with van der Waals surface area (Å²) < 4.78 is 0. The number of carbonyl (C=O) groups excluding carboxylic acids is 1. The summed E-state index contributed by atoms with van der Waals surface area (Å²) in [5.74, 6) is -0.0242. The largest absolute Gasteiger partial charge is 0.394 e. The van der Waals surface area contributed by atoms with E-state index in [0.717, 1.165) is 18.5 Å². The number of amides is 1. The second kappa shape index (κ2) is 8.00. The van der Waals surface area contributed by atoms with Crippen LogP contribution in [0.5, 0.6) is 0 Å². The first kappa shape index (κ1) is 15.8. The Kier molecular flexibility index (Phi) is 6.02. The summed E-state index contributed by atoms with van der Waals surface area (Å²) in [6, 6.07) is 7.46. The third kappa shape index (κ3) is 5.02. The SMILES string of the molecule is O=C(NC1CCCCC1)c1ccc(NCC(O)CO)cc1. The minimum absolute atomic E-state index is 0.0242. The molecule has 0 heterocycles. The number of aliphatic hydroxyl groups excluding tert-OH is 2. The predicted octanol–water partition coefficient (Wildman–Crippen LogP) is 1.51. The van der Waals surface area contributed by atoms with E-state index in [4.69, 9.17) is 5.11 Å². The van der Waals surface area contributed by atoms with Gasteiger partial charge in [0.25, 0.3) is 5.91 Å². The molecule has 5 heteroatoms. The van der Waals surface area contributed by atoms with Crippen LogP contribution in [0.1, 0.15) is 42.5 Å². The molecule has 0 aromatic heterocycles. The van der Waals surface area contributed by atoms with Crippen molar-refractivity contribution < 1.29 is 15.0 Å². The first-order chi connectivity index (χ1) is 10.2. The van der Waals surface area contributed by atoms with Crippen LogP contribution in [0.2, 0.25) is 0 Å². The van der Waals surface area contributed by atoms with Crippen LogP contribution in [-0.4, -0.2) is 41.4 Å².